The Hall–Kier alpha value is -4.65. The molecular weight excluding hydrogens is 565 g/mol. The van der Waals surface area contributed by atoms with Gasteiger partial charge in [-0.25, -0.2) is 8.42 Å². The molecule has 1 amide bonds. The maximum absolute atomic E-state index is 13.7. The SMILES string of the molecule is CC(C)OC(=O)[C@@H](C(=O)C(F)(F)F)c1cc(NS(=O)(=O)c2ccc3c4c(cccc24)C(=O)N3)c2ccccc2c1O. The second-order valence-electron chi connectivity index (χ2n) is 9.59. The Balaban J connectivity index is 1.70. The number of carbonyl (C=O) groups is 3. The van der Waals surface area contributed by atoms with Crippen LogP contribution in [0.1, 0.15) is 35.7 Å². The number of carbonyl (C=O) groups excluding carboxylic acids is 3. The van der Waals surface area contributed by atoms with E-state index < -0.39 is 57.2 Å². The molecule has 0 unspecified atom stereocenters. The fraction of sp³-hybridized carbons (Fsp3) is 0.179. The van der Waals surface area contributed by atoms with Crippen LogP contribution in [0.5, 0.6) is 5.75 Å². The summed E-state index contributed by atoms with van der Waals surface area (Å²) in [6.07, 6.45) is -6.37. The summed E-state index contributed by atoms with van der Waals surface area (Å²) < 4.78 is 75.4. The third-order valence-corrected chi connectivity index (χ3v) is 7.94. The van der Waals surface area contributed by atoms with Crippen LogP contribution in [0.2, 0.25) is 0 Å². The minimum atomic E-state index is -5.48. The highest BCUT2D eigenvalue weighted by Crippen LogP contribution is 2.43. The van der Waals surface area contributed by atoms with Gasteiger partial charge in [-0.15, -0.1) is 0 Å². The first-order chi connectivity index (χ1) is 19.2. The van der Waals surface area contributed by atoms with E-state index in [4.69, 9.17) is 4.74 Å². The molecule has 9 nitrogen and oxygen atoms in total. The quantitative estimate of drug-likeness (QED) is 0.153. The van der Waals surface area contributed by atoms with Crippen LogP contribution < -0.4 is 10.0 Å². The molecule has 0 aromatic heterocycles. The number of Topliss-reactive ketones (excluding diaryl/α,β-unsaturated/α-hetero) is 1. The highest BCUT2D eigenvalue weighted by Gasteiger charge is 2.49. The molecule has 1 heterocycles. The number of aromatic hydroxyl groups is 1. The Kier molecular flexibility index (Phi) is 6.65. The number of hydrogen-bond acceptors (Lipinski definition) is 7. The number of halogens is 3. The van der Waals surface area contributed by atoms with E-state index in [-0.39, 0.29) is 32.3 Å². The molecule has 0 bridgehead atoms. The number of hydrogen-bond donors (Lipinski definition) is 3. The Morgan fingerprint density at radius 1 is 0.976 bits per heavy atom. The molecule has 0 saturated heterocycles. The Labute approximate surface area is 231 Å². The van der Waals surface area contributed by atoms with Crippen LogP contribution in [0.3, 0.4) is 0 Å². The second-order valence-corrected chi connectivity index (χ2v) is 11.2. The van der Waals surface area contributed by atoms with Crippen LogP contribution in [0.15, 0.2) is 65.6 Å². The van der Waals surface area contributed by atoms with Crippen molar-refractivity contribution >= 4 is 60.6 Å². The zero-order valence-electron chi connectivity index (χ0n) is 21.4. The minimum absolute atomic E-state index is 0.0792. The van der Waals surface area contributed by atoms with Gasteiger partial charge in [-0.3, -0.25) is 19.1 Å². The van der Waals surface area contributed by atoms with Crippen molar-refractivity contribution in [3.8, 4) is 5.75 Å². The molecule has 41 heavy (non-hydrogen) atoms. The smallest absolute Gasteiger partial charge is 0.451 e. The lowest BCUT2D eigenvalue weighted by Crippen LogP contribution is -2.35. The molecule has 5 rings (SSSR count). The molecule has 0 radical (unpaired) electrons. The van der Waals surface area contributed by atoms with Crippen molar-refractivity contribution in [3.05, 3.63) is 71.8 Å². The standard InChI is InChI=1S/C28H21F3N2O7S/c1-13(2)40-27(37)23(25(35)28(29,30)31)18-12-20(14-6-3-4-7-15(14)24(18)34)33-41(38,39)21-11-10-19-22-16(21)8-5-9-17(22)26(36)32-19/h3-13,23,33-34H,1-2H3,(H,32,36)/t23-/m1/s1. The first-order valence-corrected chi connectivity index (χ1v) is 13.6. The summed E-state index contributed by atoms with van der Waals surface area (Å²) in [5.74, 6) is -7.91. The fourth-order valence-corrected chi connectivity index (χ4v) is 6.10. The average molecular weight is 587 g/mol. The third kappa shape index (κ3) is 4.82. The average Bonchev–Trinajstić information content (AvgIpc) is 3.22. The van der Waals surface area contributed by atoms with Crippen molar-refractivity contribution < 1.29 is 45.8 Å². The highest BCUT2D eigenvalue weighted by atomic mass is 32.2. The van der Waals surface area contributed by atoms with Crippen molar-refractivity contribution in [1.29, 1.82) is 0 Å². The Bertz CT molecular complexity index is 1890. The molecular formula is C28H21F3N2O7S. The van der Waals surface area contributed by atoms with Crippen molar-refractivity contribution in [2.75, 3.05) is 10.0 Å². The van der Waals surface area contributed by atoms with Gasteiger partial charge in [-0.2, -0.15) is 13.2 Å². The van der Waals surface area contributed by atoms with Crippen molar-refractivity contribution in [1.82, 2.24) is 0 Å². The van der Waals surface area contributed by atoms with Crippen LogP contribution in [-0.4, -0.2) is 43.5 Å². The van der Waals surface area contributed by atoms with Crippen molar-refractivity contribution in [2.45, 2.75) is 36.9 Å². The molecule has 1 aliphatic rings. The summed E-state index contributed by atoms with van der Waals surface area (Å²) in [4.78, 5) is 37.2. The van der Waals surface area contributed by atoms with Gasteiger partial charge in [0.05, 0.1) is 16.7 Å². The first kappa shape index (κ1) is 27.9. The summed E-state index contributed by atoms with van der Waals surface area (Å²) >= 11 is 0. The van der Waals surface area contributed by atoms with Crippen LogP contribution in [0.4, 0.5) is 24.5 Å². The maximum atomic E-state index is 13.7. The number of ether oxygens (including phenoxy) is 1. The highest BCUT2D eigenvalue weighted by molar-refractivity contribution is 7.93. The number of alkyl halides is 3. The zero-order valence-corrected chi connectivity index (χ0v) is 22.2. The molecule has 4 aromatic carbocycles. The van der Waals surface area contributed by atoms with Gasteiger partial charge < -0.3 is 15.2 Å². The van der Waals surface area contributed by atoms with E-state index in [1.165, 1.54) is 68.4 Å². The van der Waals surface area contributed by atoms with E-state index in [1.807, 2.05) is 0 Å². The summed E-state index contributed by atoms with van der Waals surface area (Å²) in [7, 11) is -4.49. The van der Waals surface area contributed by atoms with Crippen LogP contribution in [0.25, 0.3) is 21.5 Å². The number of nitrogens with one attached hydrogen (secondary N) is 2. The molecule has 0 aliphatic carbocycles. The number of phenols is 1. The number of amides is 1. The molecule has 1 atom stereocenters. The number of fused-ring (bicyclic) bond motifs is 1. The van der Waals surface area contributed by atoms with Gasteiger partial charge >= 0.3 is 12.1 Å². The van der Waals surface area contributed by atoms with E-state index in [2.05, 4.69) is 10.0 Å². The zero-order chi connectivity index (χ0) is 29.9. The Morgan fingerprint density at radius 2 is 1.63 bits per heavy atom. The molecule has 0 spiro atoms. The fourth-order valence-electron chi connectivity index (χ4n) is 4.82. The summed E-state index contributed by atoms with van der Waals surface area (Å²) in [6.45, 7) is 2.74. The summed E-state index contributed by atoms with van der Waals surface area (Å²) in [5.41, 5.74) is -0.411. The summed E-state index contributed by atoms with van der Waals surface area (Å²) in [5, 5.41) is 14.1. The van der Waals surface area contributed by atoms with Gasteiger partial charge in [0.2, 0.25) is 0 Å². The lowest BCUT2D eigenvalue weighted by atomic mass is 9.90. The van der Waals surface area contributed by atoms with E-state index in [0.717, 1.165) is 6.07 Å². The predicted molar refractivity (Wildman–Crippen MR) is 143 cm³/mol. The van der Waals surface area contributed by atoms with Gasteiger partial charge in [0, 0.05) is 38.4 Å². The van der Waals surface area contributed by atoms with E-state index >= 15 is 0 Å². The molecule has 0 fully saturated rings. The molecule has 4 aromatic rings. The lowest BCUT2D eigenvalue weighted by Gasteiger charge is -2.22. The molecule has 0 saturated carbocycles. The molecule has 212 valence electrons. The predicted octanol–water partition coefficient (Wildman–Crippen LogP) is 5.23. The number of ketones is 1. The van der Waals surface area contributed by atoms with Gasteiger partial charge in [0.15, 0.2) is 5.92 Å². The number of esters is 1. The number of sulfonamides is 1. The lowest BCUT2D eigenvalue weighted by molar-refractivity contribution is -0.178. The van der Waals surface area contributed by atoms with Gasteiger partial charge in [-0.05, 0) is 38.1 Å². The third-order valence-electron chi connectivity index (χ3n) is 6.51. The second kappa shape index (κ2) is 9.77. The topological polar surface area (TPSA) is 139 Å². The molecule has 13 heteroatoms. The number of anilines is 2. The van der Waals surface area contributed by atoms with E-state index in [9.17, 15) is 41.1 Å². The number of phenolic OH excluding ortho intramolecular Hbond substituents is 1. The summed E-state index contributed by atoms with van der Waals surface area (Å²) in [6, 6.07) is 13.7. The monoisotopic (exact) mass is 586 g/mol. The molecule has 1 aliphatic heterocycles. The molecule has 3 N–H and O–H groups in total. The normalized spacial score (nSPS) is 13.9. The minimum Gasteiger partial charge on any atom is -0.507 e. The largest absolute Gasteiger partial charge is 0.507 e. The van der Waals surface area contributed by atoms with Crippen LogP contribution in [-0.2, 0) is 24.3 Å². The first-order valence-electron chi connectivity index (χ1n) is 12.2. The van der Waals surface area contributed by atoms with Crippen LogP contribution in [0, 0.1) is 0 Å². The van der Waals surface area contributed by atoms with Gasteiger partial charge in [0.25, 0.3) is 21.7 Å². The maximum Gasteiger partial charge on any atom is 0.451 e. The number of benzene rings is 4. The number of rotatable bonds is 7. The van der Waals surface area contributed by atoms with Gasteiger partial charge in [0.1, 0.15) is 5.75 Å². The van der Waals surface area contributed by atoms with E-state index in [0.29, 0.717) is 11.1 Å². The van der Waals surface area contributed by atoms with Crippen molar-refractivity contribution in [2.24, 2.45) is 0 Å². The Morgan fingerprint density at radius 3 is 2.29 bits per heavy atom. The van der Waals surface area contributed by atoms with Gasteiger partial charge in [-0.1, -0.05) is 36.4 Å². The van der Waals surface area contributed by atoms with E-state index in [1.54, 1.807) is 0 Å². The van der Waals surface area contributed by atoms with Crippen molar-refractivity contribution in [3.63, 3.8) is 0 Å². The van der Waals surface area contributed by atoms with Crippen LogP contribution >= 0.6 is 0 Å².